The Kier molecular flexibility index (Phi) is 11.5. The van der Waals surface area contributed by atoms with Gasteiger partial charge in [0.15, 0.2) is 0 Å². The zero-order chi connectivity index (χ0) is 29.3. The third-order valence-electron chi connectivity index (χ3n) is 6.44. The van der Waals surface area contributed by atoms with E-state index in [9.17, 15) is 31.1 Å². The summed E-state index contributed by atoms with van der Waals surface area (Å²) in [6.45, 7) is 5.40. The largest absolute Gasteiger partial charge is 0.490 e. The van der Waals surface area contributed by atoms with E-state index in [1.54, 1.807) is 24.5 Å². The first-order valence-corrected chi connectivity index (χ1v) is 11.9. The predicted molar refractivity (Wildman–Crippen MR) is 121 cm³/mol. The molecule has 0 aliphatic carbocycles. The molecule has 10 nitrogen and oxygen atoms in total. The van der Waals surface area contributed by atoms with Crippen LogP contribution in [0.25, 0.3) is 0 Å². The maximum absolute atomic E-state index is 12.1. The number of hydrogen-bond acceptors (Lipinski definition) is 7. The highest BCUT2D eigenvalue weighted by atomic mass is 19.4. The normalized spacial score (nSPS) is 21.0. The Hall–Kier alpha value is -2.98. The number of aromatic nitrogens is 1. The fourth-order valence-electron chi connectivity index (χ4n) is 4.45. The van der Waals surface area contributed by atoms with Crippen LogP contribution in [0.15, 0.2) is 24.5 Å². The zero-order valence-electron chi connectivity index (χ0n) is 20.6. The van der Waals surface area contributed by atoms with Gasteiger partial charge in [0.25, 0.3) is 5.91 Å². The summed E-state index contributed by atoms with van der Waals surface area (Å²) < 4.78 is 75.1. The van der Waals surface area contributed by atoms with Crippen LogP contribution in [-0.2, 0) is 19.1 Å². The molecule has 39 heavy (non-hydrogen) atoms. The number of aliphatic carboxylic acids is 2. The molecule has 1 atom stereocenters. The van der Waals surface area contributed by atoms with Crippen molar-refractivity contribution in [1.82, 2.24) is 15.2 Å². The van der Waals surface area contributed by atoms with Crippen LogP contribution in [0, 0.1) is 5.92 Å². The van der Waals surface area contributed by atoms with Crippen molar-refractivity contribution in [3.8, 4) is 0 Å². The van der Waals surface area contributed by atoms with E-state index in [4.69, 9.17) is 29.3 Å². The minimum atomic E-state index is -5.08. The number of alkyl halides is 6. The lowest BCUT2D eigenvalue weighted by Crippen LogP contribution is -2.67. The number of pyridine rings is 1. The van der Waals surface area contributed by atoms with Gasteiger partial charge in [-0.3, -0.25) is 14.7 Å². The molecular formula is C23H29F6N3O7. The molecule has 3 aliphatic heterocycles. The van der Waals surface area contributed by atoms with Crippen molar-refractivity contribution < 1.29 is 60.4 Å². The average molecular weight is 573 g/mol. The van der Waals surface area contributed by atoms with E-state index in [-0.39, 0.29) is 11.5 Å². The summed E-state index contributed by atoms with van der Waals surface area (Å²) in [5, 5.41) is 17.3. The summed E-state index contributed by atoms with van der Waals surface area (Å²) in [6.07, 6.45) is -2.52. The van der Waals surface area contributed by atoms with E-state index in [0.717, 1.165) is 58.6 Å². The highest BCUT2D eigenvalue weighted by Crippen LogP contribution is 2.43. The summed E-state index contributed by atoms with van der Waals surface area (Å²) >= 11 is 0. The minimum Gasteiger partial charge on any atom is -0.475 e. The number of nitrogens with zero attached hydrogens (tertiary/aromatic N) is 2. The van der Waals surface area contributed by atoms with E-state index in [2.05, 4.69) is 15.2 Å². The molecule has 0 bridgehead atoms. The summed E-state index contributed by atoms with van der Waals surface area (Å²) in [6, 6.07) is 4.24. The van der Waals surface area contributed by atoms with Gasteiger partial charge in [0.05, 0.1) is 11.2 Å². The van der Waals surface area contributed by atoms with Gasteiger partial charge in [-0.05, 0) is 43.7 Å². The zero-order valence-corrected chi connectivity index (χ0v) is 20.6. The van der Waals surface area contributed by atoms with E-state index in [1.165, 1.54) is 0 Å². The molecule has 3 aliphatic rings. The molecule has 0 saturated carbocycles. The SMILES string of the molecule is O=C(NCCC1CCOC12CN(C1CCOCC1)C2)c1cccnc1.O=C(O)C(F)(F)F.O=C(O)C(F)(F)F. The molecule has 1 aromatic heterocycles. The molecule has 1 spiro atoms. The smallest absolute Gasteiger partial charge is 0.475 e. The first-order chi connectivity index (χ1) is 18.2. The van der Waals surface area contributed by atoms with Crippen LogP contribution in [0.3, 0.4) is 0 Å². The maximum Gasteiger partial charge on any atom is 0.490 e. The van der Waals surface area contributed by atoms with Gasteiger partial charge in [0, 0.05) is 57.9 Å². The number of carboxylic acids is 2. The molecule has 3 fully saturated rings. The molecule has 1 aromatic rings. The van der Waals surface area contributed by atoms with Crippen molar-refractivity contribution in [2.24, 2.45) is 5.92 Å². The average Bonchev–Trinajstić information content (AvgIpc) is 3.28. The molecule has 0 radical (unpaired) electrons. The number of carboxylic acid groups (broad SMARTS) is 2. The molecular weight excluding hydrogens is 544 g/mol. The molecule has 3 N–H and O–H groups in total. The van der Waals surface area contributed by atoms with Crippen LogP contribution in [0.2, 0.25) is 0 Å². The maximum atomic E-state index is 12.1. The van der Waals surface area contributed by atoms with Crippen molar-refractivity contribution >= 4 is 17.8 Å². The van der Waals surface area contributed by atoms with Gasteiger partial charge < -0.3 is 25.0 Å². The summed E-state index contributed by atoms with van der Waals surface area (Å²) in [5.74, 6) is -5.02. The standard InChI is InChI=1S/C19H27N3O3.2C2HF3O2/c23-18(15-2-1-7-20-12-15)21-8-3-16-4-11-25-19(16)13-22(14-19)17-5-9-24-10-6-17;2*3-2(4,5)1(6)7/h1-2,7,12,16-17H,3-6,8-11,13-14H2,(H,21,23);2*(H,6,7). The summed E-state index contributed by atoms with van der Waals surface area (Å²) in [4.78, 5) is 36.5. The van der Waals surface area contributed by atoms with E-state index < -0.39 is 24.3 Å². The lowest BCUT2D eigenvalue weighted by molar-refractivity contribution is -0.193. The Morgan fingerprint density at radius 1 is 1.00 bits per heavy atom. The third kappa shape index (κ3) is 9.93. The molecule has 4 heterocycles. The number of likely N-dealkylation sites (tertiary alicyclic amines) is 1. The Labute approximate surface area is 219 Å². The number of rotatable bonds is 5. The Morgan fingerprint density at radius 2 is 1.56 bits per heavy atom. The molecule has 4 rings (SSSR count). The Bertz CT molecular complexity index is 926. The van der Waals surface area contributed by atoms with Crippen molar-refractivity contribution in [2.75, 3.05) is 39.5 Å². The van der Waals surface area contributed by atoms with Gasteiger partial charge in [-0.25, -0.2) is 9.59 Å². The first-order valence-electron chi connectivity index (χ1n) is 11.9. The first kappa shape index (κ1) is 32.2. The van der Waals surface area contributed by atoms with Crippen molar-refractivity contribution in [3.63, 3.8) is 0 Å². The Morgan fingerprint density at radius 3 is 2.05 bits per heavy atom. The second kappa shape index (κ2) is 13.9. The predicted octanol–water partition coefficient (Wildman–Crippen LogP) is 2.74. The Balaban J connectivity index is 0.000000317. The summed E-state index contributed by atoms with van der Waals surface area (Å²) in [5.41, 5.74) is 0.645. The second-order valence-corrected chi connectivity index (χ2v) is 9.04. The van der Waals surface area contributed by atoms with Gasteiger partial charge in [-0.2, -0.15) is 26.3 Å². The molecule has 220 valence electrons. The van der Waals surface area contributed by atoms with Crippen LogP contribution in [0.4, 0.5) is 26.3 Å². The van der Waals surface area contributed by atoms with Crippen LogP contribution < -0.4 is 5.32 Å². The van der Waals surface area contributed by atoms with Crippen molar-refractivity contribution in [3.05, 3.63) is 30.1 Å². The van der Waals surface area contributed by atoms with Gasteiger partial charge in [0.1, 0.15) is 0 Å². The van der Waals surface area contributed by atoms with Gasteiger partial charge in [0.2, 0.25) is 0 Å². The fraction of sp³-hybridized carbons (Fsp3) is 0.652. The number of nitrogens with one attached hydrogen (secondary N) is 1. The van der Waals surface area contributed by atoms with E-state index in [1.807, 2.05) is 0 Å². The van der Waals surface area contributed by atoms with Crippen LogP contribution in [0.1, 0.15) is 36.0 Å². The molecule has 0 aromatic carbocycles. The second-order valence-electron chi connectivity index (χ2n) is 9.04. The number of ether oxygens (including phenoxy) is 2. The molecule has 1 amide bonds. The lowest BCUT2D eigenvalue weighted by atomic mass is 9.77. The number of carbonyl (C=O) groups is 3. The van der Waals surface area contributed by atoms with E-state index in [0.29, 0.717) is 24.1 Å². The van der Waals surface area contributed by atoms with Crippen molar-refractivity contribution in [2.45, 2.75) is 49.7 Å². The molecule has 1 unspecified atom stereocenters. The van der Waals surface area contributed by atoms with Crippen LogP contribution in [0.5, 0.6) is 0 Å². The quantitative estimate of drug-likeness (QED) is 0.454. The number of halogens is 6. The number of carbonyl (C=O) groups excluding carboxylic acids is 1. The number of hydrogen-bond donors (Lipinski definition) is 3. The fourth-order valence-corrected chi connectivity index (χ4v) is 4.45. The highest BCUT2D eigenvalue weighted by Gasteiger charge is 2.54. The van der Waals surface area contributed by atoms with Crippen LogP contribution >= 0.6 is 0 Å². The highest BCUT2D eigenvalue weighted by molar-refractivity contribution is 5.93. The summed E-state index contributed by atoms with van der Waals surface area (Å²) in [7, 11) is 0. The monoisotopic (exact) mass is 573 g/mol. The lowest BCUT2D eigenvalue weighted by Gasteiger charge is -2.54. The van der Waals surface area contributed by atoms with Gasteiger partial charge >= 0.3 is 24.3 Å². The minimum absolute atomic E-state index is 0.0251. The third-order valence-corrected chi connectivity index (χ3v) is 6.44. The van der Waals surface area contributed by atoms with Crippen molar-refractivity contribution in [1.29, 1.82) is 0 Å². The molecule has 16 heteroatoms. The van der Waals surface area contributed by atoms with Crippen LogP contribution in [-0.4, -0.2) is 101 Å². The van der Waals surface area contributed by atoms with Gasteiger partial charge in [-0.1, -0.05) is 0 Å². The number of amides is 1. The van der Waals surface area contributed by atoms with E-state index >= 15 is 0 Å². The topological polar surface area (TPSA) is 138 Å². The molecule has 3 saturated heterocycles. The van der Waals surface area contributed by atoms with Gasteiger partial charge in [-0.15, -0.1) is 0 Å².